The van der Waals surface area contributed by atoms with E-state index < -0.39 is 27.8 Å². The molecule has 166 valence electrons. The predicted molar refractivity (Wildman–Crippen MR) is 111 cm³/mol. The number of benzene rings is 1. The van der Waals surface area contributed by atoms with Crippen molar-refractivity contribution in [2.45, 2.75) is 18.2 Å². The normalized spacial score (nSPS) is 14.4. The molecule has 1 aliphatic heterocycles. The number of pyridine rings is 1. The summed E-state index contributed by atoms with van der Waals surface area (Å²) in [5, 5.41) is 9.46. The molecule has 3 rings (SSSR count). The molecular formula is C19H20ClFN4O5S. The fraction of sp³-hybridized carbons (Fsp3) is 0.316. The van der Waals surface area contributed by atoms with Gasteiger partial charge in [-0.2, -0.15) is 0 Å². The molecule has 0 unspecified atom stereocenters. The summed E-state index contributed by atoms with van der Waals surface area (Å²) in [5.41, 5.74) is 0.442. The van der Waals surface area contributed by atoms with Crippen LogP contribution in [-0.4, -0.2) is 61.6 Å². The highest BCUT2D eigenvalue weighted by molar-refractivity contribution is 7.90. The van der Waals surface area contributed by atoms with Gasteiger partial charge in [0.2, 0.25) is 0 Å². The smallest absolute Gasteiger partial charge is 0.337 e. The van der Waals surface area contributed by atoms with Crippen LogP contribution < -0.4 is 9.62 Å². The molecule has 0 bridgehead atoms. The maximum absolute atomic E-state index is 13.0. The van der Waals surface area contributed by atoms with Crippen LogP contribution in [0.4, 0.5) is 15.0 Å². The second-order valence-electron chi connectivity index (χ2n) is 6.79. The molecule has 2 heterocycles. The molecule has 0 atom stereocenters. The first kappa shape index (κ1) is 22.8. The third-order valence-corrected chi connectivity index (χ3v) is 6.43. The van der Waals surface area contributed by atoms with Crippen LogP contribution in [0.25, 0.3) is 0 Å². The van der Waals surface area contributed by atoms with E-state index >= 15 is 0 Å². The van der Waals surface area contributed by atoms with E-state index in [4.69, 9.17) is 11.6 Å². The number of carboxylic acids is 1. The first-order chi connectivity index (χ1) is 14.6. The van der Waals surface area contributed by atoms with E-state index in [9.17, 15) is 27.5 Å². The number of amides is 2. The zero-order valence-corrected chi connectivity index (χ0v) is 18.1. The monoisotopic (exact) mass is 470 g/mol. The highest BCUT2D eigenvalue weighted by atomic mass is 35.5. The Labute approximate surface area is 183 Å². The van der Waals surface area contributed by atoms with Crippen molar-refractivity contribution in [3.05, 3.63) is 52.4 Å². The van der Waals surface area contributed by atoms with Crippen molar-refractivity contribution in [2.75, 3.05) is 31.1 Å². The van der Waals surface area contributed by atoms with Crippen LogP contribution in [0.3, 0.4) is 0 Å². The fourth-order valence-electron chi connectivity index (χ4n) is 3.17. The number of nitrogens with one attached hydrogen (secondary N) is 1. The number of nitrogens with zero attached hydrogens (tertiary/aromatic N) is 3. The lowest BCUT2D eigenvalue weighted by Gasteiger charge is -2.35. The summed E-state index contributed by atoms with van der Waals surface area (Å²) in [4.78, 5) is 31.1. The number of anilines is 1. The minimum Gasteiger partial charge on any atom is -0.478 e. The van der Waals surface area contributed by atoms with Crippen LogP contribution in [0.15, 0.2) is 35.2 Å². The lowest BCUT2D eigenvalue weighted by Crippen LogP contribution is -2.53. The van der Waals surface area contributed by atoms with Gasteiger partial charge < -0.3 is 14.9 Å². The maximum atomic E-state index is 13.0. The zero-order valence-electron chi connectivity index (χ0n) is 16.5. The summed E-state index contributed by atoms with van der Waals surface area (Å²) in [6, 6.07) is 4.70. The molecule has 1 saturated heterocycles. The van der Waals surface area contributed by atoms with Crippen molar-refractivity contribution >= 4 is 39.4 Å². The van der Waals surface area contributed by atoms with Crippen LogP contribution in [0, 0.1) is 5.82 Å². The average Bonchev–Trinajstić information content (AvgIpc) is 2.73. The van der Waals surface area contributed by atoms with Gasteiger partial charge in [-0.1, -0.05) is 18.5 Å². The number of hydrogen-bond donors (Lipinski definition) is 2. The van der Waals surface area contributed by atoms with Crippen LogP contribution in [-0.2, 0) is 16.4 Å². The van der Waals surface area contributed by atoms with Gasteiger partial charge in [0, 0.05) is 26.2 Å². The Morgan fingerprint density at radius 2 is 1.81 bits per heavy atom. The number of aryl methyl sites for hydroxylation is 1. The molecule has 1 aromatic carbocycles. The summed E-state index contributed by atoms with van der Waals surface area (Å²) in [7, 11) is -4.13. The van der Waals surface area contributed by atoms with Crippen LogP contribution in [0.2, 0.25) is 5.02 Å². The first-order valence-electron chi connectivity index (χ1n) is 9.37. The van der Waals surface area contributed by atoms with E-state index in [1.54, 1.807) is 6.92 Å². The molecule has 1 aromatic heterocycles. The number of aromatic carboxylic acids is 1. The van der Waals surface area contributed by atoms with E-state index in [0.717, 1.165) is 24.3 Å². The summed E-state index contributed by atoms with van der Waals surface area (Å²) in [5.74, 6) is -1.28. The van der Waals surface area contributed by atoms with Gasteiger partial charge >= 0.3 is 12.0 Å². The summed E-state index contributed by atoms with van der Waals surface area (Å²) in [6.07, 6.45) is 0.412. The quantitative estimate of drug-likeness (QED) is 0.688. The van der Waals surface area contributed by atoms with E-state index in [0.29, 0.717) is 31.0 Å². The highest BCUT2D eigenvalue weighted by Crippen LogP contribution is 2.27. The van der Waals surface area contributed by atoms with E-state index in [1.807, 2.05) is 9.62 Å². The number of aromatic nitrogens is 1. The Hall–Kier alpha value is -2.92. The molecule has 12 heteroatoms. The number of carbonyl (C=O) groups is 2. The second kappa shape index (κ2) is 9.06. The molecule has 0 radical (unpaired) electrons. The molecular weight excluding hydrogens is 451 g/mol. The number of sulfonamides is 1. The second-order valence-corrected chi connectivity index (χ2v) is 8.88. The van der Waals surface area contributed by atoms with Crippen molar-refractivity contribution in [1.82, 2.24) is 14.6 Å². The maximum Gasteiger partial charge on any atom is 0.337 e. The summed E-state index contributed by atoms with van der Waals surface area (Å²) >= 11 is 6.23. The van der Waals surface area contributed by atoms with Gasteiger partial charge in [0.05, 0.1) is 21.2 Å². The number of halogens is 2. The Kier molecular flexibility index (Phi) is 6.65. The molecule has 0 spiro atoms. The fourth-order valence-corrected chi connectivity index (χ4v) is 4.41. The van der Waals surface area contributed by atoms with Gasteiger partial charge in [-0.3, -0.25) is 0 Å². The average molecular weight is 471 g/mol. The summed E-state index contributed by atoms with van der Waals surface area (Å²) in [6.45, 7) is 2.84. The molecule has 0 saturated carbocycles. The third kappa shape index (κ3) is 5.05. The van der Waals surface area contributed by atoms with Gasteiger partial charge in [-0.25, -0.2) is 32.1 Å². The van der Waals surface area contributed by atoms with Crippen molar-refractivity contribution in [2.24, 2.45) is 0 Å². The minimum atomic E-state index is -4.13. The zero-order chi connectivity index (χ0) is 22.8. The van der Waals surface area contributed by atoms with Crippen LogP contribution >= 0.6 is 11.6 Å². The van der Waals surface area contributed by atoms with Gasteiger partial charge in [0.1, 0.15) is 11.6 Å². The Morgan fingerprint density at radius 3 is 2.35 bits per heavy atom. The van der Waals surface area contributed by atoms with E-state index in [-0.39, 0.29) is 28.6 Å². The van der Waals surface area contributed by atoms with Gasteiger partial charge in [0.15, 0.2) is 0 Å². The third-order valence-electron chi connectivity index (χ3n) is 4.81. The Balaban J connectivity index is 1.67. The van der Waals surface area contributed by atoms with Crippen molar-refractivity contribution in [3.63, 3.8) is 0 Å². The highest BCUT2D eigenvalue weighted by Gasteiger charge is 2.27. The largest absolute Gasteiger partial charge is 0.478 e. The number of piperazine rings is 1. The predicted octanol–water partition coefficient (Wildman–Crippen LogP) is 2.36. The Morgan fingerprint density at radius 1 is 1.19 bits per heavy atom. The van der Waals surface area contributed by atoms with Gasteiger partial charge in [-0.05, 0) is 36.8 Å². The molecule has 2 aromatic rings. The Bertz CT molecular complexity index is 1100. The standard InChI is InChI=1S/C19H20ClFN4O5S/c1-2-16-14(18(26)27)11-15(20)17(22-16)24-7-9-25(10-8-24)19(28)23-31(29,30)13-5-3-12(21)4-6-13/h3-6,11H,2,7-10H2,1H3,(H,23,28)(H,26,27). The van der Waals surface area contributed by atoms with E-state index in [2.05, 4.69) is 4.98 Å². The molecule has 31 heavy (non-hydrogen) atoms. The van der Waals surface area contributed by atoms with Crippen molar-refractivity contribution in [1.29, 1.82) is 0 Å². The number of carbonyl (C=O) groups excluding carboxylic acids is 1. The van der Waals surface area contributed by atoms with Crippen molar-refractivity contribution in [3.8, 4) is 0 Å². The molecule has 2 amide bonds. The molecule has 2 N–H and O–H groups in total. The van der Waals surface area contributed by atoms with Gasteiger partial charge in [0.25, 0.3) is 10.0 Å². The minimum absolute atomic E-state index is 0.0419. The van der Waals surface area contributed by atoms with Crippen molar-refractivity contribution < 1.29 is 27.5 Å². The number of urea groups is 1. The topological polar surface area (TPSA) is 120 Å². The molecule has 1 fully saturated rings. The number of carboxylic acid groups (broad SMARTS) is 1. The van der Waals surface area contributed by atoms with Crippen LogP contribution in [0.5, 0.6) is 0 Å². The molecule has 9 nitrogen and oxygen atoms in total. The molecule has 1 aliphatic rings. The number of rotatable bonds is 5. The molecule has 0 aliphatic carbocycles. The summed E-state index contributed by atoms with van der Waals surface area (Å²) < 4.78 is 39.6. The first-order valence-corrected chi connectivity index (χ1v) is 11.2. The van der Waals surface area contributed by atoms with E-state index in [1.165, 1.54) is 11.0 Å². The van der Waals surface area contributed by atoms with Crippen LogP contribution in [0.1, 0.15) is 23.0 Å². The number of hydrogen-bond acceptors (Lipinski definition) is 6. The lowest BCUT2D eigenvalue weighted by molar-refractivity contribution is 0.0695. The SMILES string of the molecule is CCc1nc(N2CCN(C(=O)NS(=O)(=O)c3ccc(F)cc3)CC2)c(Cl)cc1C(=O)O. The lowest BCUT2D eigenvalue weighted by atomic mass is 10.1. The van der Waals surface area contributed by atoms with Gasteiger partial charge in [-0.15, -0.1) is 0 Å².